The fourth-order valence-corrected chi connectivity index (χ4v) is 4.65. The zero-order chi connectivity index (χ0) is 21.7. The maximum atomic E-state index is 13.0. The summed E-state index contributed by atoms with van der Waals surface area (Å²) in [6, 6.07) is 14.0. The number of esters is 1. The van der Waals surface area contributed by atoms with E-state index in [1.807, 2.05) is 0 Å². The molecule has 0 radical (unpaired) electrons. The number of nitrogens with zero attached hydrogens (tertiary/aromatic N) is 2. The molecule has 0 saturated carbocycles. The van der Waals surface area contributed by atoms with E-state index in [4.69, 9.17) is 4.74 Å². The molecule has 0 atom stereocenters. The van der Waals surface area contributed by atoms with E-state index < -0.39 is 28.5 Å². The Balaban J connectivity index is 1.68. The number of para-hydroxylation sites is 1. The number of carbonyl (C=O) groups is 3. The zero-order valence-electron chi connectivity index (χ0n) is 16.5. The first-order chi connectivity index (χ1) is 14.3. The quantitative estimate of drug-likeness (QED) is 0.624. The smallest absolute Gasteiger partial charge is 0.338 e. The van der Waals surface area contributed by atoms with Crippen LogP contribution >= 0.6 is 0 Å². The topological polar surface area (TPSA) is 101 Å². The summed E-state index contributed by atoms with van der Waals surface area (Å²) in [5.41, 5.74) is 0.649. The van der Waals surface area contributed by atoms with Crippen LogP contribution in [0.25, 0.3) is 0 Å². The van der Waals surface area contributed by atoms with E-state index in [9.17, 15) is 22.8 Å². The number of ether oxygens (including phenoxy) is 1. The Labute approximate surface area is 175 Å². The summed E-state index contributed by atoms with van der Waals surface area (Å²) in [5, 5.41) is 0. The highest BCUT2D eigenvalue weighted by Crippen LogP contribution is 2.23. The fraction of sp³-hybridized carbons (Fsp3) is 0.286. The minimum absolute atomic E-state index is 0.0310. The van der Waals surface area contributed by atoms with Crippen LogP contribution in [0, 0.1) is 0 Å². The number of anilines is 1. The molecule has 158 valence electrons. The van der Waals surface area contributed by atoms with Gasteiger partial charge in [0, 0.05) is 19.5 Å². The van der Waals surface area contributed by atoms with Crippen molar-refractivity contribution in [2.75, 3.05) is 24.0 Å². The van der Waals surface area contributed by atoms with Gasteiger partial charge in [0.15, 0.2) is 6.61 Å². The summed E-state index contributed by atoms with van der Waals surface area (Å²) < 4.78 is 32.2. The van der Waals surface area contributed by atoms with Crippen molar-refractivity contribution in [2.45, 2.75) is 24.7 Å². The number of hydrogen-bond acceptors (Lipinski definition) is 6. The van der Waals surface area contributed by atoms with Crippen molar-refractivity contribution in [3.05, 3.63) is 60.2 Å². The minimum atomic E-state index is -3.81. The SMILES string of the molecule is CCN(c1ccccc1)S(=O)(=O)c1ccc(C(=O)OCC(=O)N2CCCC2=O)cc1. The molecule has 0 unspecified atom stereocenters. The molecular formula is C21H22N2O6S. The third-order valence-corrected chi connectivity index (χ3v) is 6.63. The number of imide groups is 1. The highest BCUT2D eigenvalue weighted by molar-refractivity contribution is 7.92. The van der Waals surface area contributed by atoms with E-state index in [0.29, 0.717) is 25.1 Å². The van der Waals surface area contributed by atoms with Crippen molar-refractivity contribution in [2.24, 2.45) is 0 Å². The molecule has 1 saturated heterocycles. The molecule has 1 aliphatic heterocycles. The Morgan fingerprint density at radius 2 is 1.73 bits per heavy atom. The number of sulfonamides is 1. The van der Waals surface area contributed by atoms with Crippen molar-refractivity contribution in [1.29, 1.82) is 0 Å². The van der Waals surface area contributed by atoms with E-state index in [1.54, 1.807) is 37.3 Å². The maximum Gasteiger partial charge on any atom is 0.338 e. The molecule has 0 aliphatic carbocycles. The standard InChI is InChI=1S/C21H22N2O6S/c1-2-23(17-7-4-3-5-8-17)30(27,28)18-12-10-16(11-13-18)21(26)29-15-20(25)22-14-6-9-19(22)24/h3-5,7-8,10-13H,2,6,9,14-15H2,1H3. The number of amides is 2. The lowest BCUT2D eigenvalue weighted by molar-refractivity contribution is -0.143. The summed E-state index contributed by atoms with van der Waals surface area (Å²) in [6.07, 6.45) is 0.916. The van der Waals surface area contributed by atoms with E-state index in [0.717, 1.165) is 4.90 Å². The summed E-state index contributed by atoms with van der Waals surface area (Å²) in [6.45, 7) is 1.77. The monoisotopic (exact) mass is 430 g/mol. The number of hydrogen-bond donors (Lipinski definition) is 0. The van der Waals surface area contributed by atoms with E-state index in [-0.39, 0.29) is 22.9 Å². The molecule has 2 aromatic rings. The molecular weight excluding hydrogens is 408 g/mol. The molecule has 2 aromatic carbocycles. The predicted molar refractivity (Wildman–Crippen MR) is 109 cm³/mol. The van der Waals surface area contributed by atoms with Crippen molar-refractivity contribution >= 4 is 33.5 Å². The largest absolute Gasteiger partial charge is 0.452 e. The summed E-state index contributed by atoms with van der Waals surface area (Å²) in [7, 11) is -3.81. The molecule has 30 heavy (non-hydrogen) atoms. The first-order valence-corrected chi connectivity index (χ1v) is 11.0. The van der Waals surface area contributed by atoms with Crippen molar-refractivity contribution in [3.63, 3.8) is 0 Å². The second-order valence-corrected chi connectivity index (χ2v) is 8.51. The first-order valence-electron chi connectivity index (χ1n) is 9.52. The zero-order valence-corrected chi connectivity index (χ0v) is 17.3. The molecule has 1 fully saturated rings. The van der Waals surface area contributed by atoms with E-state index in [1.165, 1.54) is 28.6 Å². The second kappa shape index (κ2) is 9.08. The molecule has 0 N–H and O–H groups in total. The molecule has 1 aliphatic rings. The Morgan fingerprint density at radius 3 is 2.30 bits per heavy atom. The number of rotatable bonds is 7. The molecule has 0 aromatic heterocycles. The second-order valence-electron chi connectivity index (χ2n) is 6.65. The van der Waals surface area contributed by atoms with E-state index in [2.05, 4.69) is 0 Å². The Kier molecular flexibility index (Phi) is 6.51. The van der Waals surface area contributed by atoms with Crippen LogP contribution in [-0.2, 0) is 24.3 Å². The van der Waals surface area contributed by atoms with Gasteiger partial charge >= 0.3 is 5.97 Å². The van der Waals surface area contributed by atoms with Crippen LogP contribution in [0.4, 0.5) is 5.69 Å². The van der Waals surface area contributed by atoms with Gasteiger partial charge in [-0.2, -0.15) is 0 Å². The highest BCUT2D eigenvalue weighted by atomic mass is 32.2. The molecule has 2 amide bonds. The van der Waals surface area contributed by atoms with Crippen LogP contribution in [-0.4, -0.2) is 50.8 Å². The first kappa shape index (κ1) is 21.5. The molecule has 0 spiro atoms. The van der Waals surface area contributed by atoms with Gasteiger partial charge in [0.25, 0.3) is 15.9 Å². The van der Waals surface area contributed by atoms with Crippen molar-refractivity contribution < 1.29 is 27.5 Å². The fourth-order valence-electron chi connectivity index (χ4n) is 3.18. The third kappa shape index (κ3) is 4.51. The average molecular weight is 430 g/mol. The molecule has 9 heteroatoms. The van der Waals surface area contributed by atoms with Gasteiger partial charge in [-0.25, -0.2) is 13.2 Å². The predicted octanol–water partition coefficient (Wildman–Crippen LogP) is 2.21. The van der Waals surface area contributed by atoms with Crippen LogP contribution in [0.2, 0.25) is 0 Å². The van der Waals surface area contributed by atoms with Crippen LogP contribution in [0.1, 0.15) is 30.1 Å². The van der Waals surface area contributed by atoms with Crippen LogP contribution in [0.5, 0.6) is 0 Å². The lowest BCUT2D eigenvalue weighted by atomic mass is 10.2. The van der Waals surface area contributed by atoms with Crippen LogP contribution < -0.4 is 4.31 Å². The Hall–Kier alpha value is -3.20. The normalized spacial score (nSPS) is 13.9. The summed E-state index contributed by atoms with van der Waals surface area (Å²) in [5.74, 6) is -1.61. The molecule has 0 bridgehead atoms. The Morgan fingerprint density at radius 1 is 1.07 bits per heavy atom. The van der Waals surface area contributed by atoms with Gasteiger partial charge in [-0.1, -0.05) is 18.2 Å². The minimum Gasteiger partial charge on any atom is -0.452 e. The van der Waals surface area contributed by atoms with Gasteiger partial charge in [-0.3, -0.25) is 18.8 Å². The van der Waals surface area contributed by atoms with Gasteiger partial charge in [0.05, 0.1) is 16.1 Å². The van der Waals surface area contributed by atoms with Gasteiger partial charge in [-0.15, -0.1) is 0 Å². The van der Waals surface area contributed by atoms with Gasteiger partial charge in [0.1, 0.15) is 0 Å². The lowest BCUT2D eigenvalue weighted by Crippen LogP contribution is -2.35. The third-order valence-electron chi connectivity index (χ3n) is 4.71. The highest BCUT2D eigenvalue weighted by Gasteiger charge is 2.27. The number of carbonyl (C=O) groups excluding carboxylic acids is 3. The van der Waals surface area contributed by atoms with Gasteiger partial charge in [0.2, 0.25) is 5.91 Å². The number of likely N-dealkylation sites (tertiary alicyclic amines) is 1. The van der Waals surface area contributed by atoms with Crippen LogP contribution in [0.15, 0.2) is 59.5 Å². The van der Waals surface area contributed by atoms with E-state index >= 15 is 0 Å². The summed E-state index contributed by atoms with van der Waals surface area (Å²) in [4.78, 5) is 36.8. The molecule has 3 rings (SSSR count). The molecule has 8 nitrogen and oxygen atoms in total. The average Bonchev–Trinajstić information content (AvgIpc) is 3.19. The molecule has 1 heterocycles. The number of benzene rings is 2. The lowest BCUT2D eigenvalue weighted by Gasteiger charge is -2.23. The van der Waals surface area contributed by atoms with Crippen molar-refractivity contribution in [1.82, 2.24) is 4.90 Å². The van der Waals surface area contributed by atoms with Crippen LogP contribution in [0.3, 0.4) is 0 Å². The van der Waals surface area contributed by atoms with Gasteiger partial charge in [-0.05, 0) is 49.7 Å². The van der Waals surface area contributed by atoms with Crippen molar-refractivity contribution in [3.8, 4) is 0 Å². The summed E-state index contributed by atoms with van der Waals surface area (Å²) >= 11 is 0. The Bertz CT molecular complexity index is 1030. The van der Waals surface area contributed by atoms with Gasteiger partial charge < -0.3 is 4.74 Å². The maximum absolute atomic E-state index is 13.0.